The van der Waals surface area contributed by atoms with E-state index in [1.54, 1.807) is 13.1 Å². The maximum atomic E-state index is 12.5. The van der Waals surface area contributed by atoms with Gasteiger partial charge in [0, 0.05) is 30.2 Å². The highest BCUT2D eigenvalue weighted by molar-refractivity contribution is 6.05. The first-order chi connectivity index (χ1) is 12.0. The van der Waals surface area contributed by atoms with E-state index in [0.29, 0.717) is 11.5 Å². The molecule has 3 rings (SSSR count). The third-order valence-electron chi connectivity index (χ3n) is 5.21. The molecule has 1 amide bonds. The van der Waals surface area contributed by atoms with Gasteiger partial charge in [0.2, 0.25) is 0 Å². The number of rotatable bonds is 4. The minimum atomic E-state index is -0.805. The second-order valence-corrected chi connectivity index (χ2v) is 7.10. The summed E-state index contributed by atoms with van der Waals surface area (Å²) in [5.74, 6) is -0.206. The minimum Gasteiger partial charge on any atom is -0.449 e. The molecule has 0 aliphatic heterocycles. The number of hydrogen-bond donors (Lipinski definition) is 1. The molecule has 134 valence electrons. The molecule has 0 spiro atoms. The molecule has 0 saturated heterocycles. The minimum absolute atomic E-state index is 0.181. The molecule has 3 atom stereocenters. The lowest BCUT2D eigenvalue weighted by molar-refractivity contribution is -0.130. The Morgan fingerprint density at radius 3 is 2.72 bits per heavy atom. The molecule has 2 aromatic rings. The smallest absolute Gasteiger partial charge is 0.341 e. The lowest BCUT2D eigenvalue weighted by Gasteiger charge is -2.30. The van der Waals surface area contributed by atoms with Gasteiger partial charge < -0.3 is 14.6 Å². The second kappa shape index (κ2) is 7.30. The third-order valence-corrected chi connectivity index (χ3v) is 5.21. The van der Waals surface area contributed by atoms with Crippen LogP contribution in [0.3, 0.4) is 0 Å². The van der Waals surface area contributed by atoms with Gasteiger partial charge in [0.05, 0.1) is 5.56 Å². The fourth-order valence-electron chi connectivity index (χ4n) is 3.61. The number of para-hydroxylation sites is 1. The van der Waals surface area contributed by atoms with Crippen molar-refractivity contribution in [3.63, 3.8) is 0 Å². The summed E-state index contributed by atoms with van der Waals surface area (Å²) in [7, 11) is 1.89. The first-order valence-electron chi connectivity index (χ1n) is 9.03. The highest BCUT2D eigenvalue weighted by atomic mass is 16.5. The molecule has 1 saturated carbocycles. The van der Waals surface area contributed by atoms with Gasteiger partial charge in [0.25, 0.3) is 5.91 Å². The van der Waals surface area contributed by atoms with Crippen LogP contribution in [0.5, 0.6) is 0 Å². The van der Waals surface area contributed by atoms with Crippen molar-refractivity contribution < 1.29 is 14.3 Å². The van der Waals surface area contributed by atoms with E-state index in [4.69, 9.17) is 4.74 Å². The van der Waals surface area contributed by atoms with Crippen LogP contribution < -0.4 is 5.32 Å². The molecular formula is C20H26N2O3. The van der Waals surface area contributed by atoms with Crippen molar-refractivity contribution in [1.29, 1.82) is 0 Å². The molecule has 1 heterocycles. The van der Waals surface area contributed by atoms with E-state index in [-0.39, 0.29) is 11.9 Å². The summed E-state index contributed by atoms with van der Waals surface area (Å²) < 4.78 is 7.32. The van der Waals surface area contributed by atoms with Crippen LogP contribution in [-0.4, -0.2) is 28.6 Å². The standard InChI is InChI=1S/C20H26N2O3/c1-13-8-4-6-10-17(13)21-19(23)14(2)25-20(24)16-12-22(3)18-11-7-5-9-15(16)18/h5,7,9,11-14,17H,4,6,8,10H2,1-3H3,(H,21,23)/t13-,14-,17+/m1/s1. The van der Waals surface area contributed by atoms with Crippen LogP contribution in [0.15, 0.2) is 30.5 Å². The summed E-state index contributed by atoms with van der Waals surface area (Å²) >= 11 is 0. The van der Waals surface area contributed by atoms with Crippen LogP contribution in [0.2, 0.25) is 0 Å². The average Bonchev–Trinajstić information content (AvgIpc) is 2.94. The summed E-state index contributed by atoms with van der Waals surface area (Å²) in [5.41, 5.74) is 1.45. The Morgan fingerprint density at radius 1 is 1.24 bits per heavy atom. The fraction of sp³-hybridized carbons (Fsp3) is 0.500. The van der Waals surface area contributed by atoms with Crippen molar-refractivity contribution in [3.8, 4) is 0 Å². The van der Waals surface area contributed by atoms with Crippen molar-refractivity contribution >= 4 is 22.8 Å². The quantitative estimate of drug-likeness (QED) is 0.866. The van der Waals surface area contributed by atoms with Crippen LogP contribution in [0.25, 0.3) is 10.9 Å². The third kappa shape index (κ3) is 3.70. The molecule has 1 aromatic heterocycles. The van der Waals surface area contributed by atoms with Gasteiger partial charge in [-0.25, -0.2) is 4.79 Å². The fourth-order valence-corrected chi connectivity index (χ4v) is 3.61. The van der Waals surface area contributed by atoms with Crippen LogP contribution in [0.4, 0.5) is 0 Å². The van der Waals surface area contributed by atoms with Crippen LogP contribution >= 0.6 is 0 Å². The van der Waals surface area contributed by atoms with Gasteiger partial charge >= 0.3 is 5.97 Å². The monoisotopic (exact) mass is 342 g/mol. The summed E-state index contributed by atoms with van der Waals surface area (Å²) in [4.78, 5) is 24.9. The van der Waals surface area contributed by atoms with E-state index < -0.39 is 12.1 Å². The molecule has 1 fully saturated rings. The van der Waals surface area contributed by atoms with Gasteiger partial charge in [-0.15, -0.1) is 0 Å². The Morgan fingerprint density at radius 2 is 1.96 bits per heavy atom. The number of aromatic nitrogens is 1. The molecule has 5 heteroatoms. The van der Waals surface area contributed by atoms with Crippen molar-refractivity contribution in [1.82, 2.24) is 9.88 Å². The first kappa shape index (κ1) is 17.5. The van der Waals surface area contributed by atoms with Crippen molar-refractivity contribution in [2.45, 2.75) is 51.7 Å². The molecule has 1 aromatic carbocycles. The SMILES string of the molecule is C[C@@H]1CCCC[C@@H]1NC(=O)[C@@H](C)OC(=O)c1cn(C)c2ccccc12. The summed E-state index contributed by atoms with van der Waals surface area (Å²) in [6.07, 6.45) is 5.44. The van der Waals surface area contributed by atoms with Crippen molar-refractivity contribution in [2.75, 3.05) is 0 Å². The Hall–Kier alpha value is -2.30. The molecule has 0 unspecified atom stereocenters. The van der Waals surface area contributed by atoms with Crippen LogP contribution in [-0.2, 0) is 16.6 Å². The number of nitrogens with zero attached hydrogens (tertiary/aromatic N) is 1. The summed E-state index contributed by atoms with van der Waals surface area (Å²) in [6.45, 7) is 3.79. The maximum absolute atomic E-state index is 12.5. The number of esters is 1. The Labute approximate surface area is 148 Å². The average molecular weight is 342 g/mol. The lowest BCUT2D eigenvalue weighted by Crippen LogP contribution is -2.45. The second-order valence-electron chi connectivity index (χ2n) is 7.10. The van der Waals surface area contributed by atoms with E-state index >= 15 is 0 Å². The zero-order chi connectivity index (χ0) is 18.0. The van der Waals surface area contributed by atoms with E-state index in [1.165, 1.54) is 6.42 Å². The zero-order valence-electron chi connectivity index (χ0n) is 15.1. The van der Waals surface area contributed by atoms with E-state index in [2.05, 4.69) is 12.2 Å². The van der Waals surface area contributed by atoms with E-state index in [1.807, 2.05) is 35.9 Å². The first-order valence-corrected chi connectivity index (χ1v) is 9.03. The molecular weight excluding hydrogens is 316 g/mol. The molecule has 5 nitrogen and oxygen atoms in total. The molecule has 1 aliphatic carbocycles. The number of aryl methyl sites for hydroxylation is 1. The molecule has 0 radical (unpaired) electrons. The van der Waals surface area contributed by atoms with E-state index in [0.717, 1.165) is 30.2 Å². The van der Waals surface area contributed by atoms with Gasteiger partial charge in [-0.2, -0.15) is 0 Å². The lowest BCUT2D eigenvalue weighted by atomic mass is 9.86. The predicted octanol–water partition coefficient (Wildman–Crippen LogP) is 3.42. The highest BCUT2D eigenvalue weighted by Gasteiger charge is 2.27. The Balaban J connectivity index is 1.66. The predicted molar refractivity (Wildman–Crippen MR) is 97.4 cm³/mol. The normalized spacial score (nSPS) is 21.7. The van der Waals surface area contributed by atoms with Crippen molar-refractivity contribution in [2.24, 2.45) is 13.0 Å². The van der Waals surface area contributed by atoms with E-state index in [9.17, 15) is 9.59 Å². The van der Waals surface area contributed by atoms with Gasteiger partial charge in [-0.1, -0.05) is 38.0 Å². The zero-order valence-corrected chi connectivity index (χ0v) is 15.1. The Kier molecular flexibility index (Phi) is 5.11. The van der Waals surface area contributed by atoms with Crippen LogP contribution in [0, 0.1) is 5.92 Å². The highest BCUT2D eigenvalue weighted by Crippen LogP contribution is 2.24. The largest absolute Gasteiger partial charge is 0.449 e. The number of hydrogen-bond acceptors (Lipinski definition) is 3. The number of amides is 1. The van der Waals surface area contributed by atoms with Crippen molar-refractivity contribution in [3.05, 3.63) is 36.0 Å². The topological polar surface area (TPSA) is 60.3 Å². The Bertz CT molecular complexity index is 780. The van der Waals surface area contributed by atoms with Crippen LogP contribution in [0.1, 0.15) is 49.9 Å². The van der Waals surface area contributed by atoms with Gasteiger partial charge in [0.15, 0.2) is 6.10 Å². The molecule has 1 N–H and O–H groups in total. The summed E-state index contributed by atoms with van der Waals surface area (Å²) in [6, 6.07) is 7.84. The number of nitrogens with one attached hydrogen (secondary N) is 1. The molecule has 1 aliphatic rings. The molecule has 0 bridgehead atoms. The number of fused-ring (bicyclic) bond motifs is 1. The van der Waals surface area contributed by atoms with Gasteiger partial charge in [-0.3, -0.25) is 4.79 Å². The number of carbonyl (C=O) groups is 2. The number of benzene rings is 1. The molecule has 25 heavy (non-hydrogen) atoms. The number of ether oxygens (including phenoxy) is 1. The summed E-state index contributed by atoms with van der Waals surface area (Å²) in [5, 5.41) is 3.88. The van der Waals surface area contributed by atoms with Gasteiger partial charge in [-0.05, 0) is 31.7 Å². The van der Waals surface area contributed by atoms with Gasteiger partial charge in [0.1, 0.15) is 0 Å². The maximum Gasteiger partial charge on any atom is 0.341 e. The number of carbonyl (C=O) groups excluding carboxylic acids is 2.